The Balaban J connectivity index is 2.12. The Hall–Kier alpha value is -2.26. The Labute approximate surface area is 152 Å². The van der Waals surface area contributed by atoms with Gasteiger partial charge in [-0.15, -0.1) is 0 Å². The summed E-state index contributed by atoms with van der Waals surface area (Å²) in [5.41, 5.74) is 4.79. The molecule has 0 aliphatic heterocycles. The van der Waals surface area contributed by atoms with Gasteiger partial charge in [0.2, 0.25) is 0 Å². The first-order valence-corrected chi connectivity index (χ1v) is 11.8. The first-order valence-electron chi connectivity index (χ1n) is 9.24. The normalized spacial score (nSPS) is 11.5. The summed E-state index contributed by atoms with van der Waals surface area (Å²) >= 11 is 0. The van der Waals surface area contributed by atoms with Gasteiger partial charge in [0, 0.05) is 17.3 Å². The molecular formula is C22H27NOSi. The zero-order chi connectivity index (χ0) is 17.7. The van der Waals surface area contributed by atoms with Gasteiger partial charge < -0.3 is 4.53 Å². The summed E-state index contributed by atoms with van der Waals surface area (Å²) in [5, 5.41) is 0. The van der Waals surface area contributed by atoms with Crippen molar-refractivity contribution < 1.29 is 4.53 Å². The van der Waals surface area contributed by atoms with E-state index >= 15 is 0 Å². The second-order valence-corrected chi connectivity index (χ2v) is 11.1. The van der Waals surface area contributed by atoms with Crippen molar-refractivity contribution in [1.82, 2.24) is 4.73 Å². The molecule has 0 unspecified atom stereocenters. The first-order chi connectivity index (χ1) is 12.2. The van der Waals surface area contributed by atoms with Crippen molar-refractivity contribution in [3.05, 3.63) is 72.9 Å². The zero-order valence-corrected chi connectivity index (χ0v) is 16.4. The maximum absolute atomic E-state index is 6.69. The Morgan fingerprint density at radius 1 is 0.720 bits per heavy atom. The molecule has 0 aliphatic carbocycles. The largest absolute Gasteiger partial charge is 0.469 e. The molecule has 0 saturated heterocycles. The van der Waals surface area contributed by atoms with Crippen LogP contribution in [-0.4, -0.2) is 13.0 Å². The second kappa shape index (κ2) is 7.75. The molecule has 0 bridgehead atoms. The molecule has 25 heavy (non-hydrogen) atoms. The molecule has 1 heterocycles. The lowest BCUT2D eigenvalue weighted by Gasteiger charge is -2.30. The molecule has 0 radical (unpaired) electrons. The van der Waals surface area contributed by atoms with Crippen LogP contribution in [0.2, 0.25) is 18.1 Å². The van der Waals surface area contributed by atoms with Gasteiger partial charge in [-0.1, -0.05) is 81.4 Å². The van der Waals surface area contributed by atoms with Crippen LogP contribution >= 0.6 is 0 Å². The number of hydrogen-bond donors (Lipinski definition) is 0. The van der Waals surface area contributed by atoms with E-state index in [1.165, 1.54) is 16.7 Å². The topological polar surface area (TPSA) is 14.2 Å². The van der Waals surface area contributed by atoms with Crippen LogP contribution < -0.4 is 4.53 Å². The van der Waals surface area contributed by atoms with Gasteiger partial charge in [-0.3, -0.25) is 0 Å². The summed E-state index contributed by atoms with van der Waals surface area (Å²) < 4.78 is 8.73. The molecule has 2 aromatic carbocycles. The van der Waals surface area contributed by atoms with Crippen molar-refractivity contribution in [2.24, 2.45) is 0 Å². The Bertz CT molecular complexity index is 783. The van der Waals surface area contributed by atoms with Crippen LogP contribution in [0.15, 0.2) is 72.9 Å². The lowest BCUT2D eigenvalue weighted by atomic mass is 10.0. The summed E-state index contributed by atoms with van der Waals surface area (Å²) in [6, 6.07) is 26.7. The second-order valence-electron chi connectivity index (χ2n) is 6.47. The number of nitrogens with zero attached hydrogens (tertiary/aromatic N) is 1. The van der Waals surface area contributed by atoms with E-state index in [4.69, 9.17) is 4.53 Å². The lowest BCUT2D eigenvalue weighted by Crippen LogP contribution is -2.44. The average Bonchev–Trinajstić information content (AvgIpc) is 3.11. The Kier molecular flexibility index (Phi) is 5.44. The van der Waals surface area contributed by atoms with E-state index in [0.717, 1.165) is 23.8 Å². The van der Waals surface area contributed by atoms with Gasteiger partial charge in [-0.25, -0.2) is 4.73 Å². The molecule has 130 valence electrons. The minimum Gasteiger partial charge on any atom is -0.469 e. The van der Waals surface area contributed by atoms with E-state index in [-0.39, 0.29) is 0 Å². The molecule has 3 rings (SSSR count). The molecule has 0 fully saturated rings. The molecule has 3 aromatic rings. The highest BCUT2D eigenvalue weighted by Gasteiger charge is 2.33. The van der Waals surface area contributed by atoms with Gasteiger partial charge in [0.25, 0.3) is 8.32 Å². The van der Waals surface area contributed by atoms with Crippen molar-refractivity contribution >= 4 is 8.32 Å². The fourth-order valence-electron chi connectivity index (χ4n) is 3.37. The number of benzene rings is 2. The van der Waals surface area contributed by atoms with Crippen LogP contribution in [0.5, 0.6) is 0 Å². The fraction of sp³-hybridized carbons (Fsp3) is 0.273. The van der Waals surface area contributed by atoms with Crippen molar-refractivity contribution in [2.75, 3.05) is 0 Å². The van der Waals surface area contributed by atoms with E-state index in [9.17, 15) is 0 Å². The van der Waals surface area contributed by atoms with Crippen LogP contribution in [0, 0.1) is 0 Å². The summed E-state index contributed by atoms with van der Waals surface area (Å²) in [7, 11) is -1.75. The number of aromatic nitrogens is 1. The van der Waals surface area contributed by atoms with E-state index < -0.39 is 8.32 Å². The van der Waals surface area contributed by atoms with Crippen molar-refractivity contribution in [2.45, 2.75) is 38.9 Å². The van der Waals surface area contributed by atoms with Crippen LogP contribution in [-0.2, 0) is 0 Å². The van der Waals surface area contributed by atoms with Crippen LogP contribution in [0.3, 0.4) is 0 Å². The van der Waals surface area contributed by atoms with Gasteiger partial charge >= 0.3 is 0 Å². The molecule has 0 atom stereocenters. The van der Waals surface area contributed by atoms with Gasteiger partial charge in [-0.05, 0) is 29.8 Å². The van der Waals surface area contributed by atoms with Gasteiger partial charge in [0.1, 0.15) is 0 Å². The van der Waals surface area contributed by atoms with Crippen molar-refractivity contribution in [3.63, 3.8) is 0 Å². The lowest BCUT2D eigenvalue weighted by molar-refractivity contribution is 0.264. The molecule has 0 aliphatic rings. The van der Waals surface area contributed by atoms with Crippen LogP contribution in [0.25, 0.3) is 22.4 Å². The molecule has 0 N–H and O–H groups in total. The van der Waals surface area contributed by atoms with Gasteiger partial charge in [-0.2, -0.15) is 0 Å². The summed E-state index contributed by atoms with van der Waals surface area (Å²) in [6.45, 7) is 6.80. The minimum absolute atomic E-state index is 1.13. The monoisotopic (exact) mass is 349 g/mol. The SMILES string of the molecule is CC[Si](CC)(CC)On1ccc(-c2ccccc2)c1-c1ccccc1. The molecule has 1 aromatic heterocycles. The molecule has 2 nitrogen and oxygen atoms in total. The van der Waals surface area contributed by atoms with Crippen molar-refractivity contribution in [1.29, 1.82) is 0 Å². The maximum atomic E-state index is 6.69. The predicted octanol–water partition coefficient (Wildman–Crippen LogP) is 6.26. The van der Waals surface area contributed by atoms with E-state index in [0.29, 0.717) is 0 Å². The van der Waals surface area contributed by atoms with Crippen molar-refractivity contribution in [3.8, 4) is 22.4 Å². The summed E-state index contributed by atoms with van der Waals surface area (Å²) in [6.07, 6.45) is 2.09. The molecule has 0 amide bonds. The number of hydrogen-bond acceptors (Lipinski definition) is 1. The standard InChI is InChI=1S/C22H27NOSi/c1-4-25(5-2,6-3)24-23-18-17-21(19-13-9-7-10-14-19)22(23)20-15-11-8-12-16-20/h7-18H,4-6H2,1-3H3. The molecule has 0 spiro atoms. The van der Waals surface area contributed by atoms with Crippen LogP contribution in [0.4, 0.5) is 0 Å². The van der Waals surface area contributed by atoms with Gasteiger partial charge in [0.15, 0.2) is 0 Å². The number of rotatable bonds is 7. The molecule has 0 saturated carbocycles. The zero-order valence-electron chi connectivity index (χ0n) is 15.4. The fourth-order valence-corrected chi connectivity index (χ4v) is 5.83. The highest BCUT2D eigenvalue weighted by Crippen LogP contribution is 2.34. The molecular weight excluding hydrogens is 322 g/mol. The third-order valence-corrected chi connectivity index (χ3v) is 9.66. The minimum atomic E-state index is -1.75. The quantitative estimate of drug-likeness (QED) is 0.459. The highest BCUT2D eigenvalue weighted by molar-refractivity contribution is 6.73. The Morgan fingerprint density at radius 3 is 1.76 bits per heavy atom. The third kappa shape index (κ3) is 3.56. The average molecular weight is 350 g/mol. The third-order valence-electron chi connectivity index (χ3n) is 5.21. The predicted molar refractivity (Wildman–Crippen MR) is 109 cm³/mol. The maximum Gasteiger partial charge on any atom is 0.284 e. The van der Waals surface area contributed by atoms with Crippen LogP contribution in [0.1, 0.15) is 20.8 Å². The van der Waals surface area contributed by atoms with E-state index in [1.54, 1.807) is 0 Å². The van der Waals surface area contributed by atoms with E-state index in [1.807, 2.05) is 4.73 Å². The summed E-state index contributed by atoms with van der Waals surface area (Å²) in [4.78, 5) is 0. The van der Waals surface area contributed by atoms with Gasteiger partial charge in [0.05, 0.1) is 5.69 Å². The van der Waals surface area contributed by atoms with E-state index in [2.05, 4.69) is 93.7 Å². The summed E-state index contributed by atoms with van der Waals surface area (Å²) in [5.74, 6) is 0. The first kappa shape index (κ1) is 17.6. The Morgan fingerprint density at radius 2 is 1.24 bits per heavy atom. The highest BCUT2D eigenvalue weighted by atomic mass is 28.4. The smallest absolute Gasteiger partial charge is 0.284 e. The molecule has 3 heteroatoms.